The first-order chi connectivity index (χ1) is 8.81. The van der Waals surface area contributed by atoms with Crippen LogP contribution in [-0.2, 0) is 0 Å². The SMILES string of the molecule is CC/C(=N/NC(=O)c1ccco1)c1ccccc1. The molecule has 1 aromatic carbocycles. The topological polar surface area (TPSA) is 54.6 Å². The second kappa shape index (κ2) is 5.82. The number of amides is 1. The monoisotopic (exact) mass is 242 g/mol. The van der Waals surface area contributed by atoms with Gasteiger partial charge in [-0.3, -0.25) is 4.79 Å². The second-order valence-electron chi connectivity index (χ2n) is 3.70. The Balaban J connectivity index is 2.10. The summed E-state index contributed by atoms with van der Waals surface area (Å²) in [5.74, 6) is -0.0934. The highest BCUT2D eigenvalue weighted by Crippen LogP contribution is 2.04. The highest BCUT2D eigenvalue weighted by atomic mass is 16.3. The van der Waals surface area contributed by atoms with Crippen LogP contribution in [0.25, 0.3) is 0 Å². The standard InChI is InChI=1S/C14H14N2O2/c1-2-12(11-7-4-3-5-8-11)15-16-14(17)13-9-6-10-18-13/h3-10H,2H2,1H3,(H,16,17)/b15-12-. The van der Waals surface area contributed by atoms with Gasteiger partial charge < -0.3 is 4.42 Å². The van der Waals surface area contributed by atoms with Crippen molar-refractivity contribution in [3.05, 3.63) is 60.1 Å². The number of hydrogen-bond acceptors (Lipinski definition) is 3. The third-order valence-electron chi connectivity index (χ3n) is 2.48. The first-order valence-electron chi connectivity index (χ1n) is 5.77. The number of furan rings is 1. The van der Waals surface area contributed by atoms with Crippen LogP contribution in [0.2, 0.25) is 0 Å². The molecule has 1 N–H and O–H groups in total. The molecule has 1 heterocycles. The molecule has 0 fully saturated rings. The van der Waals surface area contributed by atoms with Gasteiger partial charge in [0, 0.05) is 0 Å². The summed E-state index contributed by atoms with van der Waals surface area (Å²) < 4.78 is 4.99. The van der Waals surface area contributed by atoms with Crippen molar-refractivity contribution in [2.45, 2.75) is 13.3 Å². The Morgan fingerprint density at radius 1 is 1.22 bits per heavy atom. The zero-order chi connectivity index (χ0) is 12.8. The lowest BCUT2D eigenvalue weighted by atomic mass is 10.1. The van der Waals surface area contributed by atoms with Crippen molar-refractivity contribution < 1.29 is 9.21 Å². The van der Waals surface area contributed by atoms with Gasteiger partial charge in [0.2, 0.25) is 0 Å². The van der Waals surface area contributed by atoms with Gasteiger partial charge in [0.1, 0.15) is 0 Å². The first kappa shape index (κ1) is 12.1. The summed E-state index contributed by atoms with van der Waals surface area (Å²) in [6, 6.07) is 13.0. The van der Waals surface area contributed by atoms with Crippen molar-refractivity contribution in [2.24, 2.45) is 5.10 Å². The number of rotatable bonds is 4. The van der Waals surface area contributed by atoms with E-state index in [1.165, 1.54) is 6.26 Å². The molecule has 0 aliphatic heterocycles. The molecule has 0 radical (unpaired) electrons. The highest BCUT2D eigenvalue weighted by molar-refractivity contribution is 6.01. The van der Waals surface area contributed by atoms with Crippen molar-refractivity contribution in [1.82, 2.24) is 5.43 Å². The molecule has 2 aromatic rings. The van der Waals surface area contributed by atoms with Gasteiger partial charge in [-0.1, -0.05) is 37.3 Å². The number of benzene rings is 1. The van der Waals surface area contributed by atoms with Gasteiger partial charge in [-0.2, -0.15) is 5.10 Å². The molecule has 0 saturated carbocycles. The summed E-state index contributed by atoms with van der Waals surface area (Å²) in [5, 5.41) is 4.13. The van der Waals surface area contributed by atoms with Crippen LogP contribution >= 0.6 is 0 Å². The Hall–Kier alpha value is -2.36. The van der Waals surface area contributed by atoms with E-state index < -0.39 is 0 Å². The summed E-state index contributed by atoms with van der Waals surface area (Å²) in [4.78, 5) is 11.6. The number of hydrogen-bond donors (Lipinski definition) is 1. The Labute approximate surface area is 105 Å². The third kappa shape index (κ3) is 2.85. The molecule has 0 aliphatic rings. The van der Waals surface area contributed by atoms with E-state index in [-0.39, 0.29) is 11.7 Å². The summed E-state index contributed by atoms with van der Waals surface area (Å²) in [6.45, 7) is 1.99. The molecule has 4 nitrogen and oxygen atoms in total. The van der Waals surface area contributed by atoms with Crippen molar-refractivity contribution in [3.8, 4) is 0 Å². The molecule has 92 valence electrons. The van der Waals surface area contributed by atoms with E-state index >= 15 is 0 Å². The number of hydrazone groups is 1. The lowest BCUT2D eigenvalue weighted by molar-refractivity contribution is 0.0927. The molecule has 0 saturated heterocycles. The van der Waals surface area contributed by atoms with Crippen molar-refractivity contribution in [1.29, 1.82) is 0 Å². The fourth-order valence-electron chi connectivity index (χ4n) is 1.56. The molecule has 4 heteroatoms. The van der Waals surface area contributed by atoms with Gasteiger partial charge >= 0.3 is 5.91 Å². The van der Waals surface area contributed by atoms with Gasteiger partial charge in [-0.25, -0.2) is 5.43 Å². The van der Waals surface area contributed by atoms with Crippen molar-refractivity contribution >= 4 is 11.6 Å². The van der Waals surface area contributed by atoms with E-state index in [2.05, 4.69) is 10.5 Å². The number of carbonyl (C=O) groups is 1. The van der Waals surface area contributed by atoms with Crippen LogP contribution in [0.4, 0.5) is 0 Å². The molecule has 1 aromatic heterocycles. The average Bonchev–Trinajstić information content (AvgIpc) is 2.94. The van der Waals surface area contributed by atoms with E-state index in [1.807, 2.05) is 37.3 Å². The predicted octanol–water partition coefficient (Wildman–Crippen LogP) is 2.82. The van der Waals surface area contributed by atoms with Crippen LogP contribution in [0.3, 0.4) is 0 Å². The van der Waals surface area contributed by atoms with E-state index in [9.17, 15) is 4.79 Å². The minimum atomic E-state index is -0.345. The number of nitrogens with one attached hydrogen (secondary N) is 1. The molecule has 0 bridgehead atoms. The number of carbonyl (C=O) groups excluding carboxylic acids is 1. The molecular formula is C14H14N2O2. The Bertz CT molecular complexity index is 530. The van der Waals surface area contributed by atoms with Gasteiger partial charge in [0.25, 0.3) is 0 Å². The fourth-order valence-corrected chi connectivity index (χ4v) is 1.56. The summed E-state index contributed by atoms with van der Waals surface area (Å²) in [5.41, 5.74) is 4.32. The van der Waals surface area contributed by atoms with Gasteiger partial charge in [0.15, 0.2) is 5.76 Å². The minimum absolute atomic E-state index is 0.252. The zero-order valence-corrected chi connectivity index (χ0v) is 10.1. The van der Waals surface area contributed by atoms with Gasteiger partial charge in [-0.15, -0.1) is 0 Å². The van der Waals surface area contributed by atoms with E-state index in [0.717, 1.165) is 17.7 Å². The Kier molecular flexibility index (Phi) is 3.91. The zero-order valence-electron chi connectivity index (χ0n) is 10.1. The molecular weight excluding hydrogens is 228 g/mol. The maximum atomic E-state index is 11.6. The quantitative estimate of drug-likeness (QED) is 0.662. The lowest BCUT2D eigenvalue weighted by Gasteiger charge is -2.03. The summed E-state index contributed by atoms with van der Waals surface area (Å²) in [6.07, 6.45) is 2.19. The first-order valence-corrected chi connectivity index (χ1v) is 5.77. The van der Waals surface area contributed by atoms with E-state index in [1.54, 1.807) is 12.1 Å². The average molecular weight is 242 g/mol. The van der Waals surface area contributed by atoms with E-state index in [4.69, 9.17) is 4.42 Å². The van der Waals surface area contributed by atoms with Crippen LogP contribution in [0.15, 0.2) is 58.2 Å². The molecule has 18 heavy (non-hydrogen) atoms. The molecule has 0 unspecified atom stereocenters. The maximum Gasteiger partial charge on any atom is 0.307 e. The molecule has 0 atom stereocenters. The van der Waals surface area contributed by atoms with Crippen LogP contribution < -0.4 is 5.43 Å². The summed E-state index contributed by atoms with van der Waals surface area (Å²) in [7, 11) is 0. The minimum Gasteiger partial charge on any atom is -0.459 e. The normalized spacial score (nSPS) is 11.3. The maximum absolute atomic E-state index is 11.6. The molecule has 2 rings (SSSR count). The summed E-state index contributed by atoms with van der Waals surface area (Å²) >= 11 is 0. The van der Waals surface area contributed by atoms with Crippen LogP contribution in [0.5, 0.6) is 0 Å². The van der Waals surface area contributed by atoms with Crippen LogP contribution in [0.1, 0.15) is 29.5 Å². The third-order valence-corrected chi connectivity index (χ3v) is 2.48. The van der Waals surface area contributed by atoms with Gasteiger partial charge in [-0.05, 0) is 24.1 Å². The Morgan fingerprint density at radius 3 is 2.61 bits per heavy atom. The lowest BCUT2D eigenvalue weighted by Crippen LogP contribution is -2.19. The largest absolute Gasteiger partial charge is 0.459 e. The molecule has 0 aliphatic carbocycles. The predicted molar refractivity (Wildman–Crippen MR) is 69.4 cm³/mol. The smallest absolute Gasteiger partial charge is 0.307 e. The second-order valence-corrected chi connectivity index (χ2v) is 3.70. The van der Waals surface area contributed by atoms with Crippen LogP contribution in [-0.4, -0.2) is 11.6 Å². The fraction of sp³-hybridized carbons (Fsp3) is 0.143. The van der Waals surface area contributed by atoms with Crippen LogP contribution in [0, 0.1) is 0 Å². The highest BCUT2D eigenvalue weighted by Gasteiger charge is 2.07. The molecule has 1 amide bonds. The van der Waals surface area contributed by atoms with E-state index in [0.29, 0.717) is 0 Å². The van der Waals surface area contributed by atoms with Crippen molar-refractivity contribution in [3.63, 3.8) is 0 Å². The number of nitrogens with zero attached hydrogens (tertiary/aromatic N) is 1. The van der Waals surface area contributed by atoms with Gasteiger partial charge in [0.05, 0.1) is 12.0 Å². The van der Waals surface area contributed by atoms with Crippen molar-refractivity contribution in [2.75, 3.05) is 0 Å². The molecule has 0 spiro atoms. The Morgan fingerprint density at radius 2 is 2.00 bits per heavy atom.